The topological polar surface area (TPSA) is 105 Å². The maximum atomic E-state index is 5.89. The number of anilines is 1. The lowest BCUT2D eigenvalue weighted by Gasteiger charge is -2.34. The Morgan fingerprint density at radius 3 is 2.90 bits per heavy atom. The van der Waals surface area contributed by atoms with Gasteiger partial charge in [-0.15, -0.1) is 24.0 Å². The van der Waals surface area contributed by atoms with Crippen molar-refractivity contribution in [2.75, 3.05) is 58.2 Å². The second-order valence-corrected chi connectivity index (χ2v) is 7.68. The minimum atomic E-state index is 0. The fraction of sp³-hybridized carbons (Fsp3) is 0.684. The number of rotatable bonds is 8. The second kappa shape index (κ2) is 12.2. The number of morpholine rings is 1. The van der Waals surface area contributed by atoms with Crippen LogP contribution in [0.5, 0.6) is 0 Å². The average molecular weight is 531 g/mol. The van der Waals surface area contributed by atoms with Crippen LogP contribution in [0.15, 0.2) is 17.5 Å². The highest BCUT2D eigenvalue weighted by Gasteiger charge is 2.21. The summed E-state index contributed by atoms with van der Waals surface area (Å²) in [6.07, 6.45) is 3.50. The lowest BCUT2D eigenvalue weighted by atomic mass is 10.2. The summed E-state index contributed by atoms with van der Waals surface area (Å²) in [5, 5.41) is 15.2. The molecule has 0 aromatic carbocycles. The highest BCUT2D eigenvalue weighted by molar-refractivity contribution is 14.0. The van der Waals surface area contributed by atoms with E-state index in [1.807, 2.05) is 7.05 Å². The van der Waals surface area contributed by atoms with Crippen LogP contribution >= 0.6 is 24.0 Å². The predicted molar refractivity (Wildman–Crippen MR) is 131 cm³/mol. The first-order valence-electron chi connectivity index (χ1n) is 10.2. The zero-order chi connectivity index (χ0) is 20.6. The Labute approximate surface area is 195 Å². The number of hydrogen-bond donors (Lipinski definition) is 3. The van der Waals surface area contributed by atoms with Gasteiger partial charge in [0.2, 0.25) is 0 Å². The average Bonchev–Trinajstić information content (AvgIpc) is 3.09. The largest absolute Gasteiger partial charge is 0.374 e. The molecule has 3 N–H and O–H groups in total. The molecule has 3 rings (SSSR count). The lowest BCUT2D eigenvalue weighted by Crippen LogP contribution is -2.50. The van der Waals surface area contributed by atoms with Gasteiger partial charge in [0.1, 0.15) is 12.1 Å². The molecule has 1 saturated heterocycles. The van der Waals surface area contributed by atoms with E-state index in [0.29, 0.717) is 19.0 Å². The van der Waals surface area contributed by atoms with Crippen molar-refractivity contribution in [2.45, 2.75) is 20.0 Å². The smallest absolute Gasteiger partial charge is 0.191 e. The molecule has 11 heteroatoms. The van der Waals surface area contributed by atoms with Gasteiger partial charge in [-0.25, -0.2) is 9.97 Å². The monoisotopic (exact) mass is 531 g/mol. The molecule has 30 heavy (non-hydrogen) atoms. The van der Waals surface area contributed by atoms with E-state index in [1.54, 1.807) is 24.3 Å². The quantitative estimate of drug-likeness (QED) is 0.200. The van der Waals surface area contributed by atoms with E-state index >= 15 is 0 Å². The Morgan fingerprint density at radius 1 is 1.30 bits per heavy atom. The van der Waals surface area contributed by atoms with Crippen LogP contribution in [0, 0.1) is 5.92 Å². The Balaban J connectivity index is 0.00000320. The van der Waals surface area contributed by atoms with Crippen molar-refractivity contribution in [2.24, 2.45) is 18.0 Å². The number of nitrogens with zero attached hydrogens (tertiary/aromatic N) is 6. The minimum absolute atomic E-state index is 0. The van der Waals surface area contributed by atoms with E-state index in [4.69, 9.17) is 4.74 Å². The fourth-order valence-corrected chi connectivity index (χ4v) is 3.48. The maximum Gasteiger partial charge on any atom is 0.191 e. The van der Waals surface area contributed by atoms with Gasteiger partial charge in [0.05, 0.1) is 24.3 Å². The minimum Gasteiger partial charge on any atom is -0.374 e. The Kier molecular flexibility index (Phi) is 9.98. The SMILES string of the molecule is CN=C(NCCNc1ncnc2c1cnn2C)NCC1CN(CC(C)C)CCO1.I. The first kappa shape index (κ1) is 24.5. The van der Waals surface area contributed by atoms with Crippen LogP contribution in [0.1, 0.15) is 13.8 Å². The van der Waals surface area contributed by atoms with Crippen LogP contribution in [0.4, 0.5) is 5.82 Å². The van der Waals surface area contributed by atoms with Gasteiger partial charge < -0.3 is 20.7 Å². The molecule has 0 radical (unpaired) electrons. The third-order valence-corrected chi connectivity index (χ3v) is 4.81. The van der Waals surface area contributed by atoms with Crippen molar-refractivity contribution in [3.63, 3.8) is 0 Å². The van der Waals surface area contributed by atoms with Crippen molar-refractivity contribution >= 4 is 46.8 Å². The van der Waals surface area contributed by atoms with Gasteiger partial charge in [0.15, 0.2) is 11.6 Å². The molecule has 1 atom stereocenters. The van der Waals surface area contributed by atoms with E-state index in [0.717, 1.165) is 55.6 Å². The van der Waals surface area contributed by atoms with Gasteiger partial charge >= 0.3 is 0 Å². The second-order valence-electron chi connectivity index (χ2n) is 7.68. The number of aromatic nitrogens is 4. The molecule has 1 unspecified atom stereocenters. The van der Waals surface area contributed by atoms with Gasteiger partial charge in [-0.05, 0) is 5.92 Å². The first-order valence-corrected chi connectivity index (χ1v) is 10.2. The van der Waals surface area contributed by atoms with Crippen LogP contribution in [0.2, 0.25) is 0 Å². The highest BCUT2D eigenvalue weighted by atomic mass is 127. The molecule has 0 amide bonds. The molecule has 2 aromatic rings. The van der Waals surface area contributed by atoms with Gasteiger partial charge in [-0.3, -0.25) is 14.6 Å². The Bertz CT molecular complexity index is 810. The number of ether oxygens (including phenoxy) is 1. The Morgan fingerprint density at radius 2 is 2.13 bits per heavy atom. The number of nitrogens with one attached hydrogen (secondary N) is 3. The van der Waals surface area contributed by atoms with Crippen molar-refractivity contribution in [1.82, 2.24) is 35.3 Å². The maximum absolute atomic E-state index is 5.89. The van der Waals surface area contributed by atoms with Gasteiger partial charge in [-0.1, -0.05) is 13.8 Å². The number of hydrogen-bond acceptors (Lipinski definition) is 7. The van der Waals surface area contributed by atoms with Crippen molar-refractivity contribution in [1.29, 1.82) is 0 Å². The number of aryl methyl sites for hydroxylation is 1. The van der Waals surface area contributed by atoms with Gasteiger partial charge in [0.25, 0.3) is 0 Å². The van der Waals surface area contributed by atoms with Gasteiger partial charge in [0, 0.05) is 53.4 Å². The standard InChI is InChI=1S/C19H33N9O.HI/c1-14(2)11-28-7-8-29-15(12-28)9-23-19(20-3)22-6-5-21-17-16-10-26-27(4)18(16)25-13-24-17;/h10,13-15H,5-9,11-12H2,1-4H3,(H2,20,22,23)(H,21,24,25);1H. The molecule has 10 nitrogen and oxygen atoms in total. The molecule has 168 valence electrons. The summed E-state index contributed by atoms with van der Waals surface area (Å²) in [7, 11) is 3.65. The first-order chi connectivity index (χ1) is 14.1. The number of halogens is 1. The summed E-state index contributed by atoms with van der Waals surface area (Å²) in [5.41, 5.74) is 0.812. The van der Waals surface area contributed by atoms with Crippen LogP contribution < -0.4 is 16.0 Å². The molecular formula is C19H34IN9O. The Hall–Kier alpha value is -1.73. The summed E-state index contributed by atoms with van der Waals surface area (Å²) in [5.74, 6) is 2.23. The molecular weight excluding hydrogens is 497 g/mol. The van der Waals surface area contributed by atoms with Crippen molar-refractivity contribution < 1.29 is 4.74 Å². The highest BCUT2D eigenvalue weighted by Crippen LogP contribution is 2.17. The summed E-state index contributed by atoms with van der Waals surface area (Å²) >= 11 is 0. The summed E-state index contributed by atoms with van der Waals surface area (Å²) in [4.78, 5) is 15.3. The van der Waals surface area contributed by atoms with E-state index in [1.165, 1.54) is 0 Å². The van der Waals surface area contributed by atoms with Crippen LogP contribution in [-0.2, 0) is 11.8 Å². The zero-order valence-corrected chi connectivity index (χ0v) is 20.6. The number of aliphatic imine (C=N–C) groups is 1. The molecule has 1 fully saturated rings. The number of guanidine groups is 1. The van der Waals surface area contributed by atoms with Crippen LogP contribution in [0.3, 0.4) is 0 Å². The third kappa shape index (κ3) is 6.91. The van der Waals surface area contributed by atoms with E-state index < -0.39 is 0 Å². The normalized spacial score (nSPS) is 17.8. The number of fused-ring (bicyclic) bond motifs is 1. The van der Waals surface area contributed by atoms with Crippen LogP contribution in [0.25, 0.3) is 11.0 Å². The molecule has 1 aliphatic rings. The van der Waals surface area contributed by atoms with Crippen molar-refractivity contribution in [3.05, 3.63) is 12.5 Å². The molecule has 2 aromatic heterocycles. The molecule has 0 bridgehead atoms. The van der Waals surface area contributed by atoms with Crippen LogP contribution in [-0.4, -0.2) is 89.6 Å². The lowest BCUT2D eigenvalue weighted by molar-refractivity contribution is -0.0284. The van der Waals surface area contributed by atoms with E-state index in [-0.39, 0.29) is 30.1 Å². The van der Waals surface area contributed by atoms with Gasteiger partial charge in [-0.2, -0.15) is 5.10 Å². The van der Waals surface area contributed by atoms with Crippen molar-refractivity contribution in [3.8, 4) is 0 Å². The predicted octanol–water partition coefficient (Wildman–Crippen LogP) is 0.915. The molecule has 0 aliphatic carbocycles. The summed E-state index contributed by atoms with van der Waals surface area (Å²) < 4.78 is 7.63. The zero-order valence-electron chi connectivity index (χ0n) is 18.3. The van der Waals surface area contributed by atoms with E-state index in [2.05, 4.69) is 54.8 Å². The fourth-order valence-electron chi connectivity index (χ4n) is 3.48. The molecule has 3 heterocycles. The summed E-state index contributed by atoms with van der Waals surface area (Å²) in [6.45, 7) is 10.5. The molecule has 0 spiro atoms. The van der Waals surface area contributed by atoms with E-state index in [9.17, 15) is 0 Å². The molecule has 1 aliphatic heterocycles. The summed E-state index contributed by atoms with van der Waals surface area (Å²) in [6, 6.07) is 0. The molecule has 0 saturated carbocycles. The third-order valence-electron chi connectivity index (χ3n) is 4.81.